The highest BCUT2D eigenvalue weighted by atomic mass is 19.2. The number of hydrogen-bond donors (Lipinski definition) is 1. The van der Waals surface area contributed by atoms with E-state index in [1.165, 1.54) is 0 Å². The zero-order chi connectivity index (χ0) is 25.2. The Morgan fingerprint density at radius 3 is 2.69 bits per heavy atom. The molecule has 1 atom stereocenters. The maximum atomic E-state index is 15.5. The van der Waals surface area contributed by atoms with Crippen LogP contribution >= 0.6 is 0 Å². The minimum absolute atomic E-state index is 0.0664. The molecule has 2 aliphatic heterocycles. The van der Waals surface area contributed by atoms with Crippen molar-refractivity contribution >= 4 is 30.6 Å². The number of amides is 1. The molecule has 10 heteroatoms. The van der Waals surface area contributed by atoms with Crippen LogP contribution in [0.4, 0.5) is 8.63 Å². The Morgan fingerprint density at radius 2 is 1.97 bits per heavy atom. The number of hydrogen-bond acceptors (Lipinski definition) is 4. The zero-order valence-corrected chi connectivity index (χ0v) is 19.5. The second kappa shape index (κ2) is 9.70. The molecule has 0 saturated heterocycles. The lowest BCUT2D eigenvalue weighted by Crippen LogP contribution is -2.50. The smallest absolute Gasteiger partial charge is 0.449 e. The van der Waals surface area contributed by atoms with Crippen LogP contribution in [0.15, 0.2) is 54.2 Å². The summed E-state index contributed by atoms with van der Waals surface area (Å²) in [5.74, 6) is -1.20. The Labute approximate surface area is 202 Å². The number of carbonyl (C=O) groups is 2. The van der Waals surface area contributed by atoms with Crippen LogP contribution in [-0.4, -0.2) is 46.2 Å². The average Bonchev–Trinajstić information content (AvgIpc) is 3.37. The van der Waals surface area contributed by atoms with Crippen molar-refractivity contribution in [2.45, 2.75) is 39.2 Å². The van der Waals surface area contributed by atoms with Gasteiger partial charge in [0.25, 0.3) is 0 Å². The van der Waals surface area contributed by atoms with E-state index in [1.807, 2.05) is 30.3 Å². The first kappa shape index (κ1) is 24.1. The molecule has 2 aliphatic rings. The number of nitriles is 1. The van der Waals surface area contributed by atoms with E-state index in [9.17, 15) is 9.59 Å². The van der Waals surface area contributed by atoms with E-state index in [0.29, 0.717) is 22.8 Å². The van der Waals surface area contributed by atoms with Crippen LogP contribution in [0, 0.1) is 25.2 Å². The molecule has 0 fully saturated rings. The molecule has 35 heavy (non-hydrogen) atoms. The van der Waals surface area contributed by atoms with Gasteiger partial charge in [-0.15, -0.1) is 0 Å². The summed E-state index contributed by atoms with van der Waals surface area (Å²) in [6.07, 6.45) is 5.12. The number of fused-ring (bicyclic) bond motifs is 2. The van der Waals surface area contributed by atoms with E-state index in [0.717, 1.165) is 20.1 Å². The first-order valence-corrected chi connectivity index (χ1v) is 11.3. The summed E-state index contributed by atoms with van der Waals surface area (Å²) in [6, 6.07) is 11.5. The number of ether oxygens (including phenoxy) is 1. The summed E-state index contributed by atoms with van der Waals surface area (Å²) >= 11 is 0. The fourth-order valence-corrected chi connectivity index (χ4v) is 4.65. The number of esters is 1. The minimum atomic E-state index is -4.11. The second-order valence-corrected chi connectivity index (χ2v) is 8.65. The average molecular weight is 478 g/mol. The Bertz CT molecular complexity index is 1310. The normalized spacial score (nSPS) is 16.1. The molecule has 4 rings (SSSR count). The summed E-state index contributed by atoms with van der Waals surface area (Å²) in [5, 5.41) is 11.3. The quantitative estimate of drug-likeness (QED) is 0.466. The van der Waals surface area contributed by atoms with E-state index in [2.05, 4.69) is 5.32 Å². The Hall–Kier alpha value is -4.00. The monoisotopic (exact) mass is 478 g/mol. The van der Waals surface area contributed by atoms with Gasteiger partial charge >= 0.3 is 12.9 Å². The first-order chi connectivity index (χ1) is 16.7. The van der Waals surface area contributed by atoms with Crippen molar-refractivity contribution in [2.75, 3.05) is 6.61 Å². The number of nitrogens with one attached hydrogen (secondary N) is 1. The first-order valence-electron chi connectivity index (χ1n) is 11.3. The van der Waals surface area contributed by atoms with Crippen LogP contribution in [0.3, 0.4) is 0 Å². The Kier molecular flexibility index (Phi) is 6.69. The third-order valence-electron chi connectivity index (χ3n) is 6.20. The number of allylic oxidation sites excluding steroid dienone is 2. The molecule has 1 aromatic heterocycles. The largest absolute Gasteiger partial charge is 0.737 e. The number of aryl methyl sites for hydroxylation is 2. The molecular formula is C25H25BF2N4O3. The predicted molar refractivity (Wildman–Crippen MR) is 128 cm³/mol. The fraction of sp³-hybridized carbons (Fsp3) is 0.280. The third-order valence-corrected chi connectivity index (χ3v) is 6.20. The molecular weight excluding hydrogens is 453 g/mol. The van der Waals surface area contributed by atoms with Crippen LogP contribution in [0.2, 0.25) is 0 Å². The maximum absolute atomic E-state index is 15.5. The van der Waals surface area contributed by atoms with Crippen LogP contribution in [0.1, 0.15) is 35.4 Å². The predicted octanol–water partition coefficient (Wildman–Crippen LogP) is 3.28. The fourth-order valence-electron chi connectivity index (χ4n) is 4.65. The minimum Gasteiger partial charge on any atom is -0.449 e. The number of aromatic nitrogens is 1. The standard InChI is InChI=1S/C25H25BF2N4O3/c1-17-14-18(2)31-23(17)16-21-9-8-20(32(21)26(31,27)28)10-11-24(33)30-22(25(34)35-13-12-29)15-19-6-4-3-5-7-19/h3-9,14,16,22H,10-11,13,15H2,1-2H3,(H,30,33)/t22-/m0/s1. The van der Waals surface area contributed by atoms with Gasteiger partial charge in [0, 0.05) is 43.2 Å². The molecule has 0 unspecified atom stereocenters. The van der Waals surface area contributed by atoms with Crippen molar-refractivity contribution in [3.63, 3.8) is 0 Å². The maximum Gasteiger partial charge on any atom is 0.737 e. The molecule has 0 saturated carbocycles. The van der Waals surface area contributed by atoms with Gasteiger partial charge in [-0.25, -0.2) is 4.79 Å². The van der Waals surface area contributed by atoms with Gasteiger partial charge in [-0.2, -0.15) is 5.26 Å². The van der Waals surface area contributed by atoms with Gasteiger partial charge in [-0.3, -0.25) is 4.79 Å². The number of rotatable bonds is 8. The second-order valence-electron chi connectivity index (χ2n) is 8.65. The number of halogens is 2. The summed E-state index contributed by atoms with van der Waals surface area (Å²) in [7, 11) is 0. The lowest BCUT2D eigenvalue weighted by molar-refractivity contribution is -0.362. The lowest BCUT2D eigenvalue weighted by atomic mass is 9.90. The Balaban J connectivity index is 1.49. The van der Waals surface area contributed by atoms with Crippen molar-refractivity contribution in [1.82, 2.24) is 9.79 Å². The van der Waals surface area contributed by atoms with Crippen molar-refractivity contribution in [2.24, 2.45) is 0 Å². The van der Waals surface area contributed by atoms with Crippen molar-refractivity contribution in [3.05, 3.63) is 76.8 Å². The van der Waals surface area contributed by atoms with Gasteiger partial charge in [0.2, 0.25) is 5.91 Å². The van der Waals surface area contributed by atoms with Gasteiger partial charge in [0.05, 0.1) is 0 Å². The Morgan fingerprint density at radius 1 is 1.23 bits per heavy atom. The summed E-state index contributed by atoms with van der Waals surface area (Å²) in [6.45, 7) is -1.07. The van der Waals surface area contributed by atoms with Crippen molar-refractivity contribution in [3.8, 4) is 6.07 Å². The molecule has 3 heterocycles. The van der Waals surface area contributed by atoms with Crippen molar-refractivity contribution in [1.29, 1.82) is 5.26 Å². The molecule has 0 spiro atoms. The topological polar surface area (TPSA) is 87.1 Å². The molecule has 2 aromatic rings. The molecule has 7 nitrogen and oxygen atoms in total. The summed E-state index contributed by atoms with van der Waals surface area (Å²) in [4.78, 5) is 25.1. The molecule has 0 aliphatic carbocycles. The molecule has 1 aromatic carbocycles. The van der Waals surface area contributed by atoms with Crippen molar-refractivity contribution < 1.29 is 27.4 Å². The number of benzene rings is 1. The van der Waals surface area contributed by atoms with Gasteiger partial charge in [-0.05, 0) is 36.7 Å². The SMILES string of the molecule is Cc1cc(C)n2c1C=C1C=CC(CCC(=O)N[C@@H](Cc3ccccc3)C(=O)OCC#N)=[N+]1[B-]2(F)F. The van der Waals surface area contributed by atoms with E-state index in [1.54, 1.807) is 44.2 Å². The van der Waals surface area contributed by atoms with E-state index in [4.69, 9.17) is 10.00 Å². The zero-order valence-electron chi connectivity index (χ0n) is 19.5. The highest BCUT2D eigenvalue weighted by molar-refractivity contribution is 6.58. The summed E-state index contributed by atoms with van der Waals surface area (Å²) < 4.78 is 38.1. The van der Waals surface area contributed by atoms with Crippen LogP contribution in [-0.2, 0) is 20.7 Å². The van der Waals surface area contributed by atoms with Crippen LogP contribution in [0.25, 0.3) is 6.08 Å². The third kappa shape index (κ3) is 4.80. The van der Waals surface area contributed by atoms with Gasteiger partial charge in [0.1, 0.15) is 17.8 Å². The number of nitrogens with zero attached hydrogens (tertiary/aromatic N) is 3. The molecule has 0 radical (unpaired) electrons. The van der Waals surface area contributed by atoms with E-state index in [-0.39, 0.29) is 19.3 Å². The van der Waals surface area contributed by atoms with Gasteiger partial charge in [0.15, 0.2) is 12.3 Å². The van der Waals surface area contributed by atoms with Crippen LogP contribution in [0.5, 0.6) is 0 Å². The molecule has 180 valence electrons. The molecule has 1 amide bonds. The summed E-state index contributed by atoms with van der Waals surface area (Å²) in [5.41, 5.74) is 3.27. The van der Waals surface area contributed by atoms with Gasteiger partial charge < -0.3 is 27.6 Å². The highest BCUT2D eigenvalue weighted by Gasteiger charge is 2.52. The lowest BCUT2D eigenvalue weighted by Gasteiger charge is -2.30. The molecule has 1 N–H and O–H groups in total. The highest BCUT2D eigenvalue weighted by Crippen LogP contribution is 2.34. The van der Waals surface area contributed by atoms with Gasteiger partial charge in [-0.1, -0.05) is 30.3 Å². The number of carbonyl (C=O) groups excluding carboxylic acids is 2. The molecule has 0 bridgehead atoms. The van der Waals surface area contributed by atoms with E-state index < -0.39 is 31.5 Å². The van der Waals surface area contributed by atoms with E-state index >= 15 is 8.63 Å². The van der Waals surface area contributed by atoms with Crippen LogP contribution < -0.4 is 5.32 Å².